The van der Waals surface area contributed by atoms with Crippen LogP contribution >= 0.6 is 27.3 Å². The molecule has 0 saturated heterocycles. The predicted molar refractivity (Wildman–Crippen MR) is 83.9 cm³/mol. The molecule has 2 unspecified atom stereocenters. The van der Waals surface area contributed by atoms with E-state index in [0.29, 0.717) is 10.3 Å². The van der Waals surface area contributed by atoms with Gasteiger partial charge in [0.2, 0.25) is 10.0 Å². The van der Waals surface area contributed by atoms with Crippen molar-refractivity contribution in [3.8, 4) is 0 Å². The SMILES string of the molecule is COC(=O)c1cc(S(=O)(=O)NC2CCCC2CN)c(Br)s1. The molecule has 118 valence electrons. The van der Waals surface area contributed by atoms with Crippen molar-refractivity contribution in [2.45, 2.75) is 30.2 Å². The Kier molecular flexibility index (Phi) is 5.42. The average Bonchev–Trinajstić information content (AvgIpc) is 3.03. The number of carbonyl (C=O) groups excluding carboxylic acids is 1. The van der Waals surface area contributed by atoms with E-state index < -0.39 is 16.0 Å². The van der Waals surface area contributed by atoms with Crippen molar-refractivity contribution in [2.75, 3.05) is 13.7 Å². The Bertz CT molecular complexity index is 629. The van der Waals surface area contributed by atoms with Gasteiger partial charge < -0.3 is 10.5 Å². The number of carbonyl (C=O) groups is 1. The number of nitrogens with one attached hydrogen (secondary N) is 1. The van der Waals surface area contributed by atoms with Crippen molar-refractivity contribution in [2.24, 2.45) is 11.7 Å². The number of rotatable bonds is 5. The number of halogens is 1. The van der Waals surface area contributed by atoms with Gasteiger partial charge in [-0.15, -0.1) is 11.3 Å². The Morgan fingerprint density at radius 3 is 2.90 bits per heavy atom. The molecule has 2 rings (SSSR count). The summed E-state index contributed by atoms with van der Waals surface area (Å²) in [4.78, 5) is 11.8. The lowest BCUT2D eigenvalue weighted by Crippen LogP contribution is -2.39. The molecule has 1 heterocycles. The third-order valence-electron chi connectivity index (χ3n) is 3.60. The fourth-order valence-electron chi connectivity index (χ4n) is 2.47. The fraction of sp³-hybridized carbons (Fsp3) is 0.583. The highest BCUT2D eigenvalue weighted by Crippen LogP contribution is 2.33. The lowest BCUT2D eigenvalue weighted by molar-refractivity contribution is 0.0606. The number of esters is 1. The summed E-state index contributed by atoms with van der Waals surface area (Å²) in [6.07, 6.45) is 2.68. The molecule has 0 amide bonds. The maximum atomic E-state index is 12.5. The first-order valence-electron chi connectivity index (χ1n) is 6.49. The predicted octanol–water partition coefficient (Wildman–Crippen LogP) is 1.70. The van der Waals surface area contributed by atoms with Gasteiger partial charge in [-0.3, -0.25) is 0 Å². The van der Waals surface area contributed by atoms with Gasteiger partial charge in [0.05, 0.1) is 10.9 Å². The van der Waals surface area contributed by atoms with Crippen LogP contribution in [0.25, 0.3) is 0 Å². The van der Waals surface area contributed by atoms with Crippen LogP contribution in [0.15, 0.2) is 14.7 Å². The van der Waals surface area contributed by atoms with Gasteiger partial charge in [0.25, 0.3) is 0 Å². The average molecular weight is 397 g/mol. The number of ether oxygens (including phenoxy) is 1. The third-order valence-corrected chi connectivity index (χ3v) is 7.32. The molecule has 6 nitrogen and oxygen atoms in total. The van der Waals surface area contributed by atoms with E-state index in [9.17, 15) is 13.2 Å². The number of hydrogen-bond donors (Lipinski definition) is 2. The van der Waals surface area contributed by atoms with Gasteiger partial charge in [-0.25, -0.2) is 17.9 Å². The highest BCUT2D eigenvalue weighted by molar-refractivity contribution is 9.11. The number of nitrogens with two attached hydrogens (primary N) is 1. The van der Waals surface area contributed by atoms with Crippen LogP contribution in [0.5, 0.6) is 0 Å². The van der Waals surface area contributed by atoms with Gasteiger partial charge in [-0.1, -0.05) is 6.42 Å². The molecule has 0 aliphatic heterocycles. The van der Waals surface area contributed by atoms with Crippen molar-refractivity contribution in [1.82, 2.24) is 4.72 Å². The summed E-state index contributed by atoms with van der Waals surface area (Å²) in [7, 11) is -2.43. The van der Waals surface area contributed by atoms with Crippen LogP contribution in [-0.4, -0.2) is 34.1 Å². The number of methoxy groups -OCH3 is 1. The van der Waals surface area contributed by atoms with Crippen LogP contribution in [0.4, 0.5) is 0 Å². The zero-order chi connectivity index (χ0) is 15.6. The zero-order valence-electron chi connectivity index (χ0n) is 11.5. The first kappa shape index (κ1) is 16.9. The van der Waals surface area contributed by atoms with Crippen molar-refractivity contribution >= 4 is 43.3 Å². The maximum absolute atomic E-state index is 12.5. The number of hydrogen-bond acceptors (Lipinski definition) is 6. The molecule has 0 radical (unpaired) electrons. The second-order valence-corrected chi connectivity index (χ2v) is 8.95. The van der Waals surface area contributed by atoms with E-state index in [1.165, 1.54) is 13.2 Å². The number of sulfonamides is 1. The molecule has 1 fully saturated rings. The van der Waals surface area contributed by atoms with Gasteiger partial charge in [-0.2, -0.15) is 0 Å². The van der Waals surface area contributed by atoms with E-state index in [1.807, 2.05) is 0 Å². The minimum atomic E-state index is -3.69. The molecule has 1 aromatic rings. The summed E-state index contributed by atoms with van der Waals surface area (Å²) in [5, 5.41) is 0. The molecule has 2 atom stereocenters. The van der Waals surface area contributed by atoms with Crippen LogP contribution < -0.4 is 10.5 Å². The van der Waals surface area contributed by atoms with Crippen LogP contribution in [-0.2, 0) is 14.8 Å². The molecule has 1 aromatic heterocycles. The summed E-state index contributed by atoms with van der Waals surface area (Å²) in [5.74, 6) is -0.389. The third kappa shape index (κ3) is 3.65. The first-order valence-corrected chi connectivity index (χ1v) is 9.58. The smallest absolute Gasteiger partial charge is 0.348 e. The maximum Gasteiger partial charge on any atom is 0.348 e. The quantitative estimate of drug-likeness (QED) is 0.737. The van der Waals surface area contributed by atoms with E-state index >= 15 is 0 Å². The van der Waals surface area contributed by atoms with Crippen molar-refractivity contribution in [3.63, 3.8) is 0 Å². The van der Waals surface area contributed by atoms with E-state index in [2.05, 4.69) is 25.4 Å². The largest absolute Gasteiger partial charge is 0.465 e. The zero-order valence-corrected chi connectivity index (χ0v) is 14.7. The molecule has 21 heavy (non-hydrogen) atoms. The highest BCUT2D eigenvalue weighted by Gasteiger charge is 2.32. The van der Waals surface area contributed by atoms with Gasteiger partial charge in [0.1, 0.15) is 9.77 Å². The van der Waals surface area contributed by atoms with E-state index in [4.69, 9.17) is 5.73 Å². The molecule has 9 heteroatoms. The van der Waals surface area contributed by atoms with Crippen LogP contribution in [0, 0.1) is 5.92 Å². The van der Waals surface area contributed by atoms with Crippen LogP contribution in [0.3, 0.4) is 0 Å². The molecule has 1 aliphatic rings. The summed E-state index contributed by atoms with van der Waals surface area (Å²) < 4.78 is 32.6. The molecule has 0 bridgehead atoms. The van der Waals surface area contributed by atoms with Crippen molar-refractivity contribution in [1.29, 1.82) is 0 Å². The topological polar surface area (TPSA) is 98.5 Å². The molecule has 1 saturated carbocycles. The van der Waals surface area contributed by atoms with Crippen LogP contribution in [0.1, 0.15) is 28.9 Å². The first-order chi connectivity index (χ1) is 9.89. The van der Waals surface area contributed by atoms with Gasteiger partial charge >= 0.3 is 5.97 Å². The van der Waals surface area contributed by atoms with E-state index in [-0.39, 0.29) is 21.7 Å². The van der Waals surface area contributed by atoms with Gasteiger partial charge in [-0.05, 0) is 47.3 Å². The van der Waals surface area contributed by atoms with Crippen molar-refractivity contribution < 1.29 is 17.9 Å². The summed E-state index contributed by atoms with van der Waals surface area (Å²) in [5.41, 5.74) is 5.67. The molecule has 0 spiro atoms. The highest BCUT2D eigenvalue weighted by atomic mass is 79.9. The Morgan fingerprint density at radius 1 is 1.57 bits per heavy atom. The second-order valence-electron chi connectivity index (χ2n) is 4.89. The van der Waals surface area contributed by atoms with E-state index in [0.717, 1.165) is 30.6 Å². The minimum Gasteiger partial charge on any atom is -0.465 e. The lowest BCUT2D eigenvalue weighted by atomic mass is 10.1. The second kappa shape index (κ2) is 6.74. The summed E-state index contributed by atoms with van der Waals surface area (Å²) in [6, 6.07) is 1.18. The molecule has 0 aromatic carbocycles. The Hall–Kier alpha value is -0.480. The van der Waals surface area contributed by atoms with Crippen molar-refractivity contribution in [3.05, 3.63) is 14.7 Å². The standard InChI is InChI=1S/C12H17BrN2O4S2/c1-19-12(16)9-5-10(11(13)20-9)21(17,18)15-8-4-2-3-7(8)6-14/h5,7-8,15H,2-4,6,14H2,1H3. The fourth-order valence-corrected chi connectivity index (χ4v) is 6.30. The molecule has 1 aliphatic carbocycles. The Labute approximate surface area is 136 Å². The molecular formula is C12H17BrN2O4S2. The van der Waals surface area contributed by atoms with Crippen LogP contribution in [0.2, 0.25) is 0 Å². The minimum absolute atomic E-state index is 0.0653. The lowest BCUT2D eigenvalue weighted by Gasteiger charge is -2.19. The van der Waals surface area contributed by atoms with E-state index in [1.54, 1.807) is 0 Å². The normalized spacial score (nSPS) is 22.4. The molecule has 3 N–H and O–H groups in total. The van der Waals surface area contributed by atoms with Gasteiger partial charge in [0.15, 0.2) is 0 Å². The van der Waals surface area contributed by atoms with Gasteiger partial charge in [0, 0.05) is 6.04 Å². The summed E-state index contributed by atoms with van der Waals surface area (Å²) in [6.45, 7) is 0.464. The number of thiophene rings is 1. The molecular weight excluding hydrogens is 380 g/mol. The monoisotopic (exact) mass is 396 g/mol. The Balaban J connectivity index is 2.23. The Morgan fingerprint density at radius 2 is 2.29 bits per heavy atom. The summed E-state index contributed by atoms with van der Waals surface area (Å²) >= 11 is 4.24.